The topological polar surface area (TPSA) is 106 Å². The van der Waals surface area contributed by atoms with Crippen LogP contribution in [0.5, 0.6) is 0 Å². The number of nitrogens with one attached hydrogen (secondary N) is 2. The zero-order valence-electron chi connectivity index (χ0n) is 14.7. The molecule has 3 rings (SSSR count). The molecule has 0 bridgehead atoms. The maximum atomic E-state index is 12.4. The van der Waals surface area contributed by atoms with Crippen molar-refractivity contribution in [2.45, 2.75) is 13.0 Å². The molecule has 1 heterocycles. The number of benzene rings is 2. The van der Waals surface area contributed by atoms with Gasteiger partial charge in [-0.25, -0.2) is 18.1 Å². The number of nitrogens with zero attached hydrogens (tertiary/aromatic N) is 3. The number of hydrogen-bond donors (Lipinski definition) is 2. The van der Waals surface area contributed by atoms with Gasteiger partial charge in [0.2, 0.25) is 15.9 Å². The van der Waals surface area contributed by atoms with Gasteiger partial charge in [-0.05, 0) is 29.3 Å². The minimum absolute atomic E-state index is 0.0476. The summed E-state index contributed by atoms with van der Waals surface area (Å²) in [5, 5.41) is 6.90. The fourth-order valence-corrected chi connectivity index (χ4v) is 3.20. The highest BCUT2D eigenvalue weighted by molar-refractivity contribution is 7.92. The molecule has 2 N–H and O–H groups in total. The van der Waals surface area contributed by atoms with Gasteiger partial charge in [0.05, 0.1) is 24.9 Å². The zero-order chi connectivity index (χ0) is 19.3. The average Bonchev–Trinajstić information content (AvgIpc) is 3.08. The SMILES string of the molecule is CS(=O)(=O)Nc1ccccc1CC(=O)Nc1cccc(Cn2cncn2)c1. The molecule has 8 nitrogen and oxygen atoms in total. The van der Waals surface area contributed by atoms with E-state index in [4.69, 9.17) is 0 Å². The molecule has 9 heteroatoms. The number of carbonyl (C=O) groups excluding carboxylic acids is 1. The van der Waals surface area contributed by atoms with Crippen molar-refractivity contribution in [1.29, 1.82) is 0 Å². The molecule has 0 aliphatic rings. The molecule has 0 atom stereocenters. The number of amides is 1. The average molecular weight is 385 g/mol. The highest BCUT2D eigenvalue weighted by Crippen LogP contribution is 2.18. The smallest absolute Gasteiger partial charge is 0.229 e. The summed E-state index contributed by atoms with van der Waals surface area (Å²) >= 11 is 0. The standard InChI is InChI=1S/C18H19N5O3S/c1-27(25,26)22-17-8-3-2-6-15(17)10-18(24)21-16-7-4-5-14(9-16)11-23-13-19-12-20-23/h2-9,12-13,22H,10-11H2,1H3,(H,21,24). The highest BCUT2D eigenvalue weighted by atomic mass is 32.2. The van der Waals surface area contributed by atoms with Crippen molar-refractivity contribution in [3.63, 3.8) is 0 Å². The van der Waals surface area contributed by atoms with Gasteiger partial charge in [-0.3, -0.25) is 9.52 Å². The van der Waals surface area contributed by atoms with E-state index in [1.54, 1.807) is 41.3 Å². The number of hydrogen-bond acceptors (Lipinski definition) is 5. The van der Waals surface area contributed by atoms with Crippen LogP contribution in [-0.2, 0) is 27.8 Å². The number of sulfonamides is 1. The molecule has 0 aliphatic heterocycles. The van der Waals surface area contributed by atoms with E-state index in [0.29, 0.717) is 23.5 Å². The zero-order valence-corrected chi connectivity index (χ0v) is 15.5. The predicted molar refractivity (Wildman–Crippen MR) is 103 cm³/mol. The lowest BCUT2D eigenvalue weighted by molar-refractivity contribution is -0.115. The van der Waals surface area contributed by atoms with E-state index in [2.05, 4.69) is 20.1 Å². The Balaban J connectivity index is 1.68. The Labute approximate surface area is 157 Å². The van der Waals surface area contributed by atoms with Crippen LogP contribution in [0.1, 0.15) is 11.1 Å². The lowest BCUT2D eigenvalue weighted by atomic mass is 10.1. The third-order valence-corrected chi connectivity index (χ3v) is 4.28. The lowest BCUT2D eigenvalue weighted by Gasteiger charge is -2.11. The quantitative estimate of drug-likeness (QED) is 0.646. The maximum Gasteiger partial charge on any atom is 0.229 e. The predicted octanol–water partition coefficient (Wildman–Crippen LogP) is 1.88. The van der Waals surface area contributed by atoms with Crippen molar-refractivity contribution < 1.29 is 13.2 Å². The Bertz CT molecular complexity index is 1030. The van der Waals surface area contributed by atoms with E-state index in [0.717, 1.165) is 11.8 Å². The summed E-state index contributed by atoms with van der Waals surface area (Å²) in [6, 6.07) is 14.3. The van der Waals surface area contributed by atoms with Crippen LogP contribution in [0.3, 0.4) is 0 Å². The van der Waals surface area contributed by atoms with E-state index in [-0.39, 0.29) is 12.3 Å². The van der Waals surface area contributed by atoms with Gasteiger partial charge in [-0.15, -0.1) is 0 Å². The van der Waals surface area contributed by atoms with Crippen LogP contribution in [0.15, 0.2) is 61.2 Å². The number of para-hydroxylation sites is 1. The number of aromatic nitrogens is 3. The molecule has 2 aromatic carbocycles. The first-order valence-corrected chi connectivity index (χ1v) is 10.0. The van der Waals surface area contributed by atoms with Crippen molar-refractivity contribution in [2.24, 2.45) is 0 Å². The lowest BCUT2D eigenvalue weighted by Crippen LogP contribution is -2.17. The third kappa shape index (κ3) is 5.65. The summed E-state index contributed by atoms with van der Waals surface area (Å²) < 4.78 is 27.1. The normalized spacial score (nSPS) is 11.1. The monoisotopic (exact) mass is 385 g/mol. The van der Waals surface area contributed by atoms with Gasteiger partial charge < -0.3 is 5.32 Å². The van der Waals surface area contributed by atoms with Gasteiger partial charge in [0.15, 0.2) is 0 Å². The molecule has 0 aliphatic carbocycles. The molecule has 0 saturated carbocycles. The van der Waals surface area contributed by atoms with Crippen molar-refractivity contribution in [3.05, 3.63) is 72.3 Å². The Morgan fingerprint density at radius 2 is 1.96 bits per heavy atom. The summed E-state index contributed by atoms with van der Waals surface area (Å²) in [7, 11) is -3.42. The van der Waals surface area contributed by atoms with Crippen LogP contribution < -0.4 is 10.0 Å². The Morgan fingerprint density at radius 1 is 1.15 bits per heavy atom. The van der Waals surface area contributed by atoms with E-state index in [9.17, 15) is 13.2 Å². The van der Waals surface area contributed by atoms with Crippen molar-refractivity contribution >= 4 is 27.3 Å². The summed E-state index contributed by atoms with van der Waals surface area (Å²) in [6.45, 7) is 0.546. The number of rotatable bonds is 7. The molecular weight excluding hydrogens is 366 g/mol. The molecule has 0 fully saturated rings. The molecule has 0 saturated heterocycles. The van der Waals surface area contributed by atoms with E-state index in [1.165, 1.54) is 6.33 Å². The summed E-state index contributed by atoms with van der Waals surface area (Å²) in [5.74, 6) is -0.240. The van der Waals surface area contributed by atoms with Crippen molar-refractivity contribution in [3.8, 4) is 0 Å². The van der Waals surface area contributed by atoms with Crippen LogP contribution in [0.4, 0.5) is 11.4 Å². The van der Waals surface area contributed by atoms with Crippen LogP contribution >= 0.6 is 0 Å². The molecule has 1 amide bonds. The summed E-state index contributed by atoms with van der Waals surface area (Å²) in [4.78, 5) is 16.3. The second-order valence-electron chi connectivity index (χ2n) is 6.05. The van der Waals surface area contributed by atoms with Gasteiger partial charge in [-0.1, -0.05) is 30.3 Å². The van der Waals surface area contributed by atoms with Crippen molar-refractivity contribution in [1.82, 2.24) is 14.8 Å². The van der Waals surface area contributed by atoms with Gasteiger partial charge in [-0.2, -0.15) is 5.10 Å². The van der Waals surface area contributed by atoms with Crippen LogP contribution in [0, 0.1) is 0 Å². The number of carbonyl (C=O) groups is 1. The second kappa shape index (κ2) is 8.00. The first-order valence-electron chi connectivity index (χ1n) is 8.16. The van der Waals surface area contributed by atoms with Crippen LogP contribution in [0.2, 0.25) is 0 Å². The molecule has 0 spiro atoms. The Kier molecular flexibility index (Phi) is 5.51. The van der Waals surface area contributed by atoms with Gasteiger partial charge >= 0.3 is 0 Å². The van der Waals surface area contributed by atoms with Crippen molar-refractivity contribution in [2.75, 3.05) is 16.3 Å². The molecule has 0 unspecified atom stereocenters. The third-order valence-electron chi connectivity index (χ3n) is 3.69. The fraction of sp³-hybridized carbons (Fsp3) is 0.167. The minimum atomic E-state index is -3.42. The fourth-order valence-electron chi connectivity index (χ4n) is 2.60. The first-order chi connectivity index (χ1) is 12.9. The van der Waals surface area contributed by atoms with Gasteiger partial charge in [0, 0.05) is 5.69 Å². The Morgan fingerprint density at radius 3 is 2.70 bits per heavy atom. The molecule has 1 aromatic heterocycles. The largest absolute Gasteiger partial charge is 0.326 e. The van der Waals surface area contributed by atoms with E-state index in [1.807, 2.05) is 18.2 Å². The maximum absolute atomic E-state index is 12.4. The number of anilines is 2. The molecule has 140 valence electrons. The van der Waals surface area contributed by atoms with E-state index < -0.39 is 10.0 Å². The van der Waals surface area contributed by atoms with Crippen LogP contribution in [0.25, 0.3) is 0 Å². The summed E-state index contributed by atoms with van der Waals surface area (Å²) in [5.41, 5.74) is 2.62. The minimum Gasteiger partial charge on any atom is -0.326 e. The van der Waals surface area contributed by atoms with E-state index >= 15 is 0 Å². The van der Waals surface area contributed by atoms with Gasteiger partial charge in [0.25, 0.3) is 0 Å². The molecular formula is C18H19N5O3S. The first kappa shape index (κ1) is 18.6. The Hall–Kier alpha value is -3.20. The molecule has 3 aromatic rings. The molecule has 0 radical (unpaired) electrons. The van der Waals surface area contributed by atoms with Gasteiger partial charge in [0.1, 0.15) is 12.7 Å². The van der Waals surface area contributed by atoms with Crippen LogP contribution in [-0.4, -0.2) is 35.3 Å². The highest BCUT2D eigenvalue weighted by Gasteiger charge is 2.11. The second-order valence-corrected chi connectivity index (χ2v) is 7.80. The summed E-state index contributed by atoms with van der Waals surface area (Å²) in [6.07, 6.45) is 4.21. The molecule has 27 heavy (non-hydrogen) atoms.